The summed E-state index contributed by atoms with van der Waals surface area (Å²) >= 11 is 5.40. The summed E-state index contributed by atoms with van der Waals surface area (Å²) in [4.78, 5) is 13.6. The summed E-state index contributed by atoms with van der Waals surface area (Å²) in [6.07, 6.45) is 0. The Labute approximate surface area is 95.9 Å². The molecule has 0 amide bonds. The van der Waals surface area contributed by atoms with Gasteiger partial charge in [0.25, 0.3) is 0 Å². The van der Waals surface area contributed by atoms with E-state index >= 15 is 0 Å². The third kappa shape index (κ3) is 4.81. The van der Waals surface area contributed by atoms with E-state index in [1.807, 2.05) is 14.1 Å². The molecule has 1 aliphatic rings. The highest BCUT2D eigenvalue weighted by atomic mass is 35.7. The number of hydrogen-bond donors (Lipinski definition) is 1. The first-order valence-electron chi connectivity index (χ1n) is 5.04. The van der Waals surface area contributed by atoms with Gasteiger partial charge >= 0.3 is 6.87 Å². The van der Waals surface area contributed by atoms with Crippen LogP contribution < -0.4 is 0 Å². The molecule has 1 N–H and O–H groups in total. The molecule has 1 saturated heterocycles. The smallest absolute Gasteiger partial charge is 0.322 e. The zero-order valence-electron chi connectivity index (χ0n) is 9.26. The van der Waals surface area contributed by atoms with E-state index in [-0.39, 0.29) is 0 Å². The van der Waals surface area contributed by atoms with Gasteiger partial charge in [0.2, 0.25) is 0 Å². The van der Waals surface area contributed by atoms with E-state index in [0.717, 1.165) is 26.2 Å². The molecule has 0 aromatic heterocycles. The van der Waals surface area contributed by atoms with E-state index in [1.165, 1.54) is 4.67 Å². The second-order valence-electron chi connectivity index (χ2n) is 4.07. The maximum atomic E-state index is 11.2. The van der Waals surface area contributed by atoms with Crippen molar-refractivity contribution >= 4 is 18.1 Å². The van der Waals surface area contributed by atoms with E-state index in [9.17, 15) is 4.57 Å². The molecular weight excluding hydrogens is 237 g/mol. The summed E-state index contributed by atoms with van der Waals surface area (Å²) < 4.78 is 12.6. The van der Waals surface area contributed by atoms with Crippen LogP contribution in [0.1, 0.15) is 0 Å². The first-order chi connectivity index (χ1) is 6.89. The Bertz CT molecular complexity index is 238. The Morgan fingerprint density at radius 2 is 1.87 bits per heavy atom. The van der Waals surface area contributed by atoms with Gasteiger partial charge in [-0.05, 0) is 25.3 Å². The van der Waals surface area contributed by atoms with Crippen molar-refractivity contribution < 1.29 is 9.46 Å². The molecule has 1 atom stereocenters. The molecule has 7 heteroatoms. The number of halogens is 1. The molecule has 0 spiro atoms. The molecule has 1 aliphatic heterocycles. The number of piperazine rings is 1. The zero-order valence-corrected chi connectivity index (χ0v) is 10.9. The van der Waals surface area contributed by atoms with Crippen LogP contribution in [0.5, 0.6) is 0 Å². The first-order valence-corrected chi connectivity index (χ1v) is 7.56. The second-order valence-corrected chi connectivity index (χ2v) is 6.90. The van der Waals surface area contributed by atoms with Gasteiger partial charge < -0.3 is 9.79 Å². The zero-order chi connectivity index (χ0) is 11.5. The summed E-state index contributed by atoms with van der Waals surface area (Å²) in [5.74, 6) is 0. The summed E-state index contributed by atoms with van der Waals surface area (Å²) in [6.45, 7) is 1.24. The molecule has 1 rings (SSSR count). The lowest BCUT2D eigenvalue weighted by Gasteiger charge is -2.34. The van der Waals surface area contributed by atoms with Crippen molar-refractivity contribution in [2.75, 3.05) is 53.4 Å². The molecule has 0 bridgehead atoms. The Balaban J connectivity index is 2.27. The molecule has 0 aromatic carbocycles. The van der Waals surface area contributed by atoms with Crippen molar-refractivity contribution in [1.82, 2.24) is 14.5 Å². The van der Waals surface area contributed by atoms with Crippen molar-refractivity contribution in [3.05, 3.63) is 0 Å². The largest absolute Gasteiger partial charge is 0.360 e. The van der Waals surface area contributed by atoms with E-state index < -0.39 is 6.87 Å². The fraction of sp³-hybridized carbons (Fsp3) is 1.00. The molecule has 0 aromatic rings. The number of nitrogens with zero attached hydrogens (tertiary/aromatic N) is 3. The lowest BCUT2D eigenvalue weighted by atomic mass is 10.3. The van der Waals surface area contributed by atoms with Crippen LogP contribution in [-0.2, 0) is 4.57 Å². The molecule has 1 unspecified atom stereocenters. The van der Waals surface area contributed by atoms with Crippen LogP contribution in [-0.4, -0.2) is 72.7 Å². The van der Waals surface area contributed by atoms with Crippen LogP contribution in [0, 0.1) is 0 Å². The highest BCUT2D eigenvalue weighted by molar-refractivity contribution is 7.82. The molecule has 0 saturated carbocycles. The lowest BCUT2D eigenvalue weighted by Crippen LogP contribution is -2.46. The van der Waals surface area contributed by atoms with E-state index in [0.29, 0.717) is 13.1 Å². The van der Waals surface area contributed by atoms with E-state index in [1.54, 1.807) is 0 Å². The van der Waals surface area contributed by atoms with Crippen LogP contribution in [0.3, 0.4) is 0 Å². The van der Waals surface area contributed by atoms with Gasteiger partial charge in [0, 0.05) is 39.3 Å². The molecule has 0 aliphatic carbocycles. The molecule has 1 heterocycles. The van der Waals surface area contributed by atoms with Gasteiger partial charge in [-0.15, -0.1) is 0 Å². The molecular formula is C8H19ClN3O2P. The van der Waals surface area contributed by atoms with Gasteiger partial charge in [-0.25, -0.2) is 4.67 Å². The van der Waals surface area contributed by atoms with Crippen molar-refractivity contribution in [3.63, 3.8) is 0 Å². The minimum atomic E-state index is -3.54. The molecule has 5 nitrogen and oxygen atoms in total. The SMILES string of the molecule is CN(C)CCN1CCN(P(=O)(O)Cl)CC1. The molecule has 0 radical (unpaired) electrons. The number of likely N-dealkylation sites (N-methyl/N-ethyl adjacent to an activating group) is 1. The fourth-order valence-electron chi connectivity index (χ4n) is 1.55. The Kier molecular flexibility index (Phi) is 5.03. The van der Waals surface area contributed by atoms with Crippen LogP contribution in [0.2, 0.25) is 0 Å². The monoisotopic (exact) mass is 255 g/mol. The van der Waals surface area contributed by atoms with Crippen molar-refractivity contribution in [1.29, 1.82) is 0 Å². The first kappa shape index (κ1) is 13.4. The highest BCUT2D eigenvalue weighted by Crippen LogP contribution is 2.50. The highest BCUT2D eigenvalue weighted by Gasteiger charge is 2.28. The summed E-state index contributed by atoms with van der Waals surface area (Å²) in [6, 6.07) is 0. The van der Waals surface area contributed by atoms with Crippen molar-refractivity contribution in [2.45, 2.75) is 0 Å². The Morgan fingerprint density at radius 3 is 2.27 bits per heavy atom. The van der Waals surface area contributed by atoms with Crippen LogP contribution >= 0.6 is 18.1 Å². The molecule has 1 fully saturated rings. The summed E-state index contributed by atoms with van der Waals surface area (Å²) in [7, 11) is 4.08. The minimum absolute atomic E-state index is 0.574. The minimum Gasteiger partial charge on any atom is -0.322 e. The predicted molar refractivity (Wildman–Crippen MR) is 62.2 cm³/mol. The topological polar surface area (TPSA) is 47.0 Å². The molecule has 90 valence electrons. The Hall–Kier alpha value is 0.360. The maximum absolute atomic E-state index is 11.2. The van der Waals surface area contributed by atoms with E-state index in [4.69, 9.17) is 16.1 Å². The van der Waals surface area contributed by atoms with Gasteiger partial charge in [-0.2, -0.15) is 0 Å². The predicted octanol–water partition coefficient (Wildman–Crippen LogP) is 0.505. The number of rotatable bonds is 4. The van der Waals surface area contributed by atoms with Crippen LogP contribution in [0.25, 0.3) is 0 Å². The van der Waals surface area contributed by atoms with Crippen molar-refractivity contribution in [2.24, 2.45) is 0 Å². The fourth-order valence-corrected chi connectivity index (χ4v) is 2.67. The Morgan fingerprint density at radius 1 is 1.33 bits per heavy atom. The maximum Gasteiger partial charge on any atom is 0.360 e. The summed E-state index contributed by atoms with van der Waals surface area (Å²) in [5.41, 5.74) is 0. The molecule has 15 heavy (non-hydrogen) atoms. The van der Waals surface area contributed by atoms with Gasteiger partial charge in [0.05, 0.1) is 0 Å². The van der Waals surface area contributed by atoms with Crippen LogP contribution in [0.15, 0.2) is 0 Å². The number of hydrogen-bond acceptors (Lipinski definition) is 3. The van der Waals surface area contributed by atoms with Gasteiger partial charge in [0.1, 0.15) is 0 Å². The third-order valence-corrected chi connectivity index (χ3v) is 4.30. The van der Waals surface area contributed by atoms with Crippen molar-refractivity contribution in [3.8, 4) is 0 Å². The van der Waals surface area contributed by atoms with Gasteiger partial charge in [-0.3, -0.25) is 9.46 Å². The standard InChI is InChI=1S/C8H19ClN3O2P/c1-10(2)3-4-11-5-7-12(8-6-11)15(9,13)14/h3-8H2,1-2H3,(H,13,14). The average Bonchev–Trinajstić information content (AvgIpc) is 2.14. The second kappa shape index (κ2) is 5.62. The van der Waals surface area contributed by atoms with Crippen LogP contribution in [0.4, 0.5) is 0 Å². The lowest BCUT2D eigenvalue weighted by molar-refractivity contribution is 0.168. The average molecular weight is 256 g/mol. The van der Waals surface area contributed by atoms with Gasteiger partial charge in [0.15, 0.2) is 0 Å². The quantitative estimate of drug-likeness (QED) is 0.742. The normalized spacial score (nSPS) is 24.3. The summed E-state index contributed by atoms with van der Waals surface area (Å²) in [5, 5.41) is 0. The van der Waals surface area contributed by atoms with E-state index in [2.05, 4.69) is 9.80 Å². The van der Waals surface area contributed by atoms with Gasteiger partial charge in [-0.1, -0.05) is 0 Å². The third-order valence-electron chi connectivity index (χ3n) is 2.56.